The number of benzene rings is 1. The molecule has 402 valence electrons. The number of hydrogen-bond donors (Lipinski definition) is 8. The molecule has 1 fully saturated rings. The van der Waals surface area contributed by atoms with Crippen molar-refractivity contribution in [3.63, 3.8) is 0 Å². The third-order valence-electron chi connectivity index (χ3n) is 14.7. The number of aromatic amines is 1. The first-order valence-electron chi connectivity index (χ1n) is 26.0. The Balaban J connectivity index is 1.65. The molecule has 4 heterocycles. The van der Waals surface area contributed by atoms with Crippen molar-refractivity contribution < 1.29 is 52.7 Å². The Morgan fingerprint density at radius 3 is 2.21 bits per heavy atom. The largest absolute Gasteiger partial charge is 0.444 e. The van der Waals surface area contributed by atoms with Crippen LogP contribution in [-0.2, 0) is 54.3 Å². The van der Waals surface area contributed by atoms with Gasteiger partial charge in [-0.2, -0.15) is 0 Å². The van der Waals surface area contributed by atoms with Crippen molar-refractivity contribution in [3.8, 4) is 0 Å². The van der Waals surface area contributed by atoms with Crippen molar-refractivity contribution in [2.45, 2.75) is 161 Å². The van der Waals surface area contributed by atoms with Crippen molar-refractivity contribution in [2.24, 2.45) is 35.3 Å². The number of unbranched alkanes of at least 4 members (excludes halogenated alkanes) is 4. The minimum atomic E-state index is -1.44. The summed E-state index contributed by atoms with van der Waals surface area (Å²) in [5.74, 6) is -10.2. The van der Waals surface area contributed by atoms with E-state index in [1.807, 2.05) is 52.8 Å². The number of primary amides is 1. The molecule has 1 aromatic carbocycles. The average molecular weight is 1040 g/mol. The molecule has 1 unspecified atom stereocenters. The molecule has 1 saturated heterocycles. The summed E-state index contributed by atoms with van der Waals surface area (Å²) < 4.78 is 5.78. The second-order valence-electron chi connectivity index (χ2n) is 20.2. The summed E-state index contributed by atoms with van der Waals surface area (Å²) in [5, 5.41) is 17.5. The number of nitrogens with zero attached hydrogens (tertiary/aromatic N) is 1. The van der Waals surface area contributed by atoms with Gasteiger partial charge in [-0.3, -0.25) is 43.2 Å². The molecule has 10 atom stereocenters. The number of rotatable bonds is 14. The molecule has 1 aromatic heterocycles. The van der Waals surface area contributed by atoms with E-state index >= 15 is 4.79 Å². The predicted octanol–water partition coefficient (Wildman–Crippen LogP) is 3.25. The molecule has 5 rings (SSSR count). The molecule has 8 amide bonds. The van der Waals surface area contributed by atoms with Crippen molar-refractivity contribution in [1.29, 1.82) is 0 Å². The lowest BCUT2D eigenvalue weighted by Gasteiger charge is -2.33. The highest BCUT2D eigenvalue weighted by Gasteiger charge is 2.46. The average Bonchev–Trinajstić information content (AvgIpc) is 3.93. The monoisotopic (exact) mass is 1040 g/mol. The van der Waals surface area contributed by atoms with E-state index in [0.717, 1.165) is 59.7 Å². The van der Waals surface area contributed by atoms with Gasteiger partial charge in [-0.15, -0.1) is 11.8 Å². The molecular weight excluding hydrogens is 959 g/mol. The van der Waals surface area contributed by atoms with Crippen LogP contribution in [0.15, 0.2) is 23.2 Å². The number of aryl methyl sites for hydroxylation is 1. The summed E-state index contributed by atoms with van der Waals surface area (Å²) >= 11 is 1.15. The maximum atomic E-state index is 15.0. The zero-order chi connectivity index (χ0) is 53.5. The minimum Gasteiger partial charge on any atom is -0.444 e. The number of thioether (sulfide) groups is 1. The fourth-order valence-corrected chi connectivity index (χ4v) is 10.9. The summed E-state index contributed by atoms with van der Waals surface area (Å²) in [6, 6.07) is 0.671. The first-order chi connectivity index (χ1) is 34.7. The SMILES string of the molecule is CCCCCCCNC(=O)O[C@@H]1CC2C(=O)N[C@@H]([C@@H](C)[C@@H](C)CC)C(=O)C[C@H]3Cc4c([nH]c5cc(C)ccc45)SC[C@H](NC(=O)CNC(=O)[C@H]([C@@H](C)CC)NC(=O)CNC3=O)C(=O)C[C@@H](CC(N)=O)C(=O)N2C1. The van der Waals surface area contributed by atoms with Gasteiger partial charge in [0.05, 0.1) is 42.7 Å². The first kappa shape index (κ1) is 57.9. The molecule has 0 spiro atoms. The van der Waals surface area contributed by atoms with Gasteiger partial charge in [-0.25, -0.2) is 4.79 Å². The van der Waals surface area contributed by atoms with Gasteiger partial charge >= 0.3 is 6.09 Å². The predicted molar refractivity (Wildman–Crippen MR) is 275 cm³/mol. The second-order valence-corrected chi connectivity index (χ2v) is 21.3. The number of amides is 8. The number of nitrogens with one attached hydrogen (secondary N) is 7. The summed E-state index contributed by atoms with van der Waals surface area (Å²) in [6.45, 7) is 12.2. The van der Waals surface area contributed by atoms with E-state index in [4.69, 9.17) is 10.5 Å². The number of nitrogens with two attached hydrogens (primary N) is 1. The summed E-state index contributed by atoms with van der Waals surface area (Å²) in [5.41, 5.74) is 7.95. The Morgan fingerprint density at radius 2 is 1.52 bits per heavy atom. The summed E-state index contributed by atoms with van der Waals surface area (Å²) in [6.07, 6.45) is 2.19. The summed E-state index contributed by atoms with van der Waals surface area (Å²) in [4.78, 5) is 145. The zero-order valence-corrected chi connectivity index (χ0v) is 44.3. The van der Waals surface area contributed by atoms with Gasteiger partial charge in [-0.05, 0) is 54.7 Å². The van der Waals surface area contributed by atoms with E-state index in [2.05, 4.69) is 43.8 Å². The molecule has 0 radical (unpaired) electrons. The van der Waals surface area contributed by atoms with E-state index in [1.165, 1.54) is 0 Å². The molecule has 0 saturated carbocycles. The van der Waals surface area contributed by atoms with Crippen molar-refractivity contribution >= 4 is 81.7 Å². The van der Waals surface area contributed by atoms with Crippen LogP contribution in [0, 0.1) is 36.5 Å². The van der Waals surface area contributed by atoms with Gasteiger partial charge in [0.15, 0.2) is 11.6 Å². The molecule has 21 heteroatoms. The number of carbonyl (C=O) groups excluding carboxylic acids is 10. The molecule has 3 aliphatic heterocycles. The standard InChI is InChI=1S/C52H77N9O11S/c1-8-11-12-13-14-17-54-52(71)72-34-23-39-48(68)60-46(31(7)29(5)9-2)41(63)20-32-19-36-35-16-15-28(4)18-37(35)58-50(36)73-27-38(40(62)21-33(22-42(53)64)51(70)61(39)26-34)57-43(65)24-56-49(69)45(30(6)10-3)59-44(66)25-55-47(32)67/h15-16,18,29-34,38-39,45-46,58H,8-14,17,19-27H2,1-7H3,(H2,53,64)(H,54,71)(H,55,67)(H,56,69)(H,57,65)(H,59,66)(H,60,68)/t29-,30-,31-,32+,33-,34+,38-,39?,45-,46-/m0/s1. The first-order valence-corrected chi connectivity index (χ1v) is 27.0. The Morgan fingerprint density at radius 1 is 0.822 bits per heavy atom. The van der Waals surface area contributed by atoms with Gasteiger partial charge < -0.3 is 52.3 Å². The highest BCUT2D eigenvalue weighted by atomic mass is 32.2. The van der Waals surface area contributed by atoms with E-state index in [9.17, 15) is 43.2 Å². The van der Waals surface area contributed by atoms with Crippen molar-refractivity contribution in [1.82, 2.24) is 41.8 Å². The molecule has 3 aliphatic rings. The normalized spacial score (nSPS) is 25.5. The van der Waals surface area contributed by atoms with Gasteiger partial charge in [0, 0.05) is 54.8 Å². The summed E-state index contributed by atoms with van der Waals surface area (Å²) in [7, 11) is 0. The number of H-pyrrole nitrogens is 1. The number of hydrogen-bond acceptors (Lipinski definition) is 12. The molecule has 20 nitrogen and oxygen atoms in total. The van der Waals surface area contributed by atoms with Gasteiger partial charge in [-0.1, -0.05) is 92.2 Å². The Labute approximate surface area is 432 Å². The number of Topliss-reactive ketones (excluding diaryl/α,β-unsaturated/α-hetero) is 2. The fourth-order valence-electron chi connectivity index (χ4n) is 9.74. The smallest absolute Gasteiger partial charge is 0.407 e. The maximum Gasteiger partial charge on any atom is 0.407 e. The fraction of sp³-hybridized carbons (Fsp3) is 0.654. The Kier molecular flexibility index (Phi) is 21.7. The van der Waals surface area contributed by atoms with Crippen LogP contribution in [0.2, 0.25) is 0 Å². The molecule has 0 aliphatic carbocycles. The molecule has 9 N–H and O–H groups in total. The van der Waals surface area contributed by atoms with Crippen LogP contribution in [0.5, 0.6) is 0 Å². The van der Waals surface area contributed by atoms with Crippen molar-refractivity contribution in [3.05, 3.63) is 29.3 Å². The number of aromatic nitrogens is 1. The van der Waals surface area contributed by atoms with Gasteiger partial charge in [0.1, 0.15) is 18.2 Å². The van der Waals surface area contributed by atoms with Crippen molar-refractivity contribution in [2.75, 3.05) is 31.9 Å². The highest BCUT2D eigenvalue weighted by Crippen LogP contribution is 2.35. The lowest BCUT2D eigenvalue weighted by molar-refractivity contribution is -0.145. The highest BCUT2D eigenvalue weighted by molar-refractivity contribution is 7.99. The maximum absolute atomic E-state index is 15.0. The number of ether oxygens (including phenoxy) is 1. The lowest BCUT2D eigenvalue weighted by atomic mass is 9.81. The van der Waals surface area contributed by atoms with Crippen LogP contribution in [0.3, 0.4) is 0 Å². The quantitative estimate of drug-likeness (QED) is 0.127. The number of carbonyl (C=O) groups is 10. The van der Waals surface area contributed by atoms with Crippen LogP contribution < -0.4 is 37.6 Å². The third-order valence-corrected chi connectivity index (χ3v) is 15.8. The molecule has 2 aromatic rings. The van der Waals surface area contributed by atoms with E-state index in [1.54, 1.807) is 6.92 Å². The molecule has 73 heavy (non-hydrogen) atoms. The Hall–Kier alpha value is -5.99. The van der Waals surface area contributed by atoms with E-state index < -0.39 is 145 Å². The number of ketones is 2. The second kappa shape index (κ2) is 27.3. The zero-order valence-electron chi connectivity index (χ0n) is 43.4. The molecular formula is C52H77N9O11S. The minimum absolute atomic E-state index is 0.0444. The topological polar surface area (TPSA) is 297 Å². The number of fused-ring (bicyclic) bond motifs is 5. The lowest BCUT2D eigenvalue weighted by Crippen LogP contribution is -2.56. The molecule has 2 bridgehead atoms. The van der Waals surface area contributed by atoms with Crippen LogP contribution in [0.4, 0.5) is 4.79 Å². The van der Waals surface area contributed by atoms with Crippen LogP contribution in [0.25, 0.3) is 10.9 Å². The number of alkyl carbamates (subject to hydrolysis) is 1. The van der Waals surface area contributed by atoms with Crippen LogP contribution in [-0.4, -0.2) is 131 Å². The van der Waals surface area contributed by atoms with Crippen LogP contribution in [0.1, 0.15) is 123 Å². The van der Waals surface area contributed by atoms with Gasteiger partial charge in [0.2, 0.25) is 41.4 Å². The van der Waals surface area contributed by atoms with Crippen LogP contribution >= 0.6 is 11.8 Å². The van der Waals surface area contributed by atoms with E-state index in [0.29, 0.717) is 35.5 Å². The Bertz CT molecular complexity index is 2360. The van der Waals surface area contributed by atoms with E-state index in [-0.39, 0.29) is 31.1 Å². The third kappa shape index (κ3) is 16.0. The van der Waals surface area contributed by atoms with Gasteiger partial charge in [0.25, 0.3) is 0 Å².